The first-order valence-corrected chi connectivity index (χ1v) is 8.09. The second-order valence-electron chi connectivity index (χ2n) is 6.28. The summed E-state index contributed by atoms with van der Waals surface area (Å²) >= 11 is 0. The summed E-state index contributed by atoms with van der Waals surface area (Å²) in [4.78, 5) is 1.61. The zero-order valence-corrected chi connectivity index (χ0v) is 13.6. The summed E-state index contributed by atoms with van der Waals surface area (Å²) in [7, 11) is 1.60. The second-order valence-corrected chi connectivity index (χ2v) is 6.28. The molecule has 0 radical (unpaired) electrons. The largest absolute Gasteiger partial charge is 0.414 e. The number of alkyl halides is 7. The van der Waals surface area contributed by atoms with Gasteiger partial charge in [0.05, 0.1) is 6.67 Å². The number of unbranched alkanes of at least 4 members (excludes halogenated alkanes) is 1. The van der Waals surface area contributed by atoms with Crippen molar-refractivity contribution in [3.8, 4) is 0 Å². The molecule has 0 N–H and O–H groups in total. The van der Waals surface area contributed by atoms with Crippen LogP contribution in [-0.2, 0) is 4.74 Å². The van der Waals surface area contributed by atoms with E-state index in [0.717, 1.165) is 0 Å². The molecule has 1 aliphatic heterocycles. The molecule has 1 aliphatic rings. The summed E-state index contributed by atoms with van der Waals surface area (Å²) in [6, 6.07) is 0. The van der Waals surface area contributed by atoms with Gasteiger partial charge in [0.1, 0.15) is 6.23 Å². The molecule has 1 rings (SSSR count). The summed E-state index contributed by atoms with van der Waals surface area (Å²) in [6.07, 6.45) is -11.8. The van der Waals surface area contributed by atoms with Gasteiger partial charge in [0.2, 0.25) is 0 Å². The Balaban J connectivity index is 2.70. The van der Waals surface area contributed by atoms with Crippen LogP contribution in [0.15, 0.2) is 0 Å². The van der Waals surface area contributed by atoms with E-state index in [1.165, 1.54) is 0 Å². The lowest BCUT2D eigenvalue weighted by Crippen LogP contribution is -2.52. The molecule has 1 saturated heterocycles. The monoisotopic (exact) mass is 367 g/mol. The van der Waals surface area contributed by atoms with Crippen LogP contribution < -0.4 is 0 Å². The van der Waals surface area contributed by atoms with Crippen LogP contribution in [0.25, 0.3) is 0 Å². The van der Waals surface area contributed by atoms with Crippen molar-refractivity contribution in [3.63, 3.8) is 0 Å². The van der Waals surface area contributed by atoms with Crippen LogP contribution in [0, 0.1) is 5.92 Å². The van der Waals surface area contributed by atoms with Crippen LogP contribution in [0.4, 0.5) is 30.7 Å². The molecule has 1 fully saturated rings. The SMILES string of the molecule is CN1CCC(C(F)(F)F)OC1C(CCCCF)CCCC(F)(F)F. The molecular formula is C15H24F7NO. The Bertz CT molecular complexity index is 359. The zero-order chi connectivity index (χ0) is 18.4. The standard InChI is InChI=1S/C15H24F7NO/c1-23-10-7-12(15(20,21)22)24-13(23)11(5-2-3-9-16)6-4-8-14(17,18)19/h11-13H,2-10H2,1H3. The lowest BCUT2D eigenvalue weighted by molar-refractivity contribution is -0.276. The van der Waals surface area contributed by atoms with Crippen molar-refractivity contribution < 1.29 is 35.5 Å². The lowest BCUT2D eigenvalue weighted by Gasteiger charge is -2.42. The van der Waals surface area contributed by atoms with Crippen LogP contribution in [0.3, 0.4) is 0 Å². The average Bonchev–Trinajstić information content (AvgIpc) is 2.44. The van der Waals surface area contributed by atoms with E-state index in [-0.39, 0.29) is 32.2 Å². The predicted molar refractivity (Wildman–Crippen MR) is 75.2 cm³/mol. The highest BCUT2D eigenvalue weighted by molar-refractivity contribution is 4.81. The minimum atomic E-state index is -4.49. The van der Waals surface area contributed by atoms with E-state index >= 15 is 0 Å². The first-order valence-electron chi connectivity index (χ1n) is 8.09. The summed E-state index contributed by atoms with van der Waals surface area (Å²) in [5, 5.41) is 0. The van der Waals surface area contributed by atoms with Gasteiger partial charge in [0.25, 0.3) is 0 Å². The molecule has 0 bridgehead atoms. The molecule has 9 heteroatoms. The zero-order valence-electron chi connectivity index (χ0n) is 13.6. The Morgan fingerprint density at radius 3 is 2.21 bits per heavy atom. The van der Waals surface area contributed by atoms with E-state index in [2.05, 4.69) is 0 Å². The number of hydrogen-bond acceptors (Lipinski definition) is 2. The van der Waals surface area contributed by atoms with Crippen molar-refractivity contribution in [1.82, 2.24) is 4.90 Å². The highest BCUT2D eigenvalue weighted by Crippen LogP contribution is 2.35. The predicted octanol–water partition coefficient (Wildman–Crippen LogP) is 5.08. The van der Waals surface area contributed by atoms with E-state index in [1.807, 2.05) is 0 Å². The molecule has 0 saturated carbocycles. The summed E-state index contributed by atoms with van der Waals surface area (Å²) in [6.45, 7) is -0.393. The molecule has 2 nitrogen and oxygen atoms in total. The van der Waals surface area contributed by atoms with E-state index in [4.69, 9.17) is 4.74 Å². The van der Waals surface area contributed by atoms with Crippen molar-refractivity contribution in [2.24, 2.45) is 5.92 Å². The van der Waals surface area contributed by atoms with Crippen LogP contribution in [-0.4, -0.2) is 49.9 Å². The van der Waals surface area contributed by atoms with Gasteiger partial charge in [-0.1, -0.05) is 6.42 Å². The molecule has 3 atom stereocenters. The van der Waals surface area contributed by atoms with Crippen molar-refractivity contribution >= 4 is 0 Å². The second kappa shape index (κ2) is 9.22. The molecular weight excluding hydrogens is 343 g/mol. The third kappa shape index (κ3) is 7.55. The number of halogens is 7. The fraction of sp³-hybridized carbons (Fsp3) is 1.00. The maximum atomic E-state index is 12.9. The smallest absolute Gasteiger partial charge is 0.350 e. The quantitative estimate of drug-likeness (QED) is 0.438. The first-order chi connectivity index (χ1) is 11.0. The van der Waals surface area contributed by atoms with Gasteiger partial charge < -0.3 is 4.74 Å². The minimum Gasteiger partial charge on any atom is -0.350 e. The van der Waals surface area contributed by atoms with Crippen LogP contribution in [0.5, 0.6) is 0 Å². The van der Waals surface area contributed by atoms with Crippen LogP contribution in [0.1, 0.15) is 44.9 Å². The fourth-order valence-corrected chi connectivity index (χ4v) is 3.00. The van der Waals surface area contributed by atoms with Gasteiger partial charge in [0, 0.05) is 13.0 Å². The van der Waals surface area contributed by atoms with Crippen molar-refractivity contribution in [3.05, 3.63) is 0 Å². The lowest BCUT2D eigenvalue weighted by atomic mass is 9.92. The summed E-state index contributed by atoms with van der Waals surface area (Å²) in [5.74, 6) is -0.478. The van der Waals surface area contributed by atoms with E-state index in [0.29, 0.717) is 12.8 Å². The van der Waals surface area contributed by atoms with Crippen molar-refractivity contribution in [1.29, 1.82) is 0 Å². The Morgan fingerprint density at radius 2 is 1.67 bits per heavy atom. The molecule has 0 spiro atoms. The van der Waals surface area contributed by atoms with Gasteiger partial charge in [-0.2, -0.15) is 26.3 Å². The number of ether oxygens (including phenoxy) is 1. The van der Waals surface area contributed by atoms with E-state index in [9.17, 15) is 30.7 Å². The summed E-state index contributed by atoms with van der Waals surface area (Å²) in [5.41, 5.74) is 0. The maximum absolute atomic E-state index is 12.9. The normalized spacial score (nSPS) is 25.0. The molecule has 0 aromatic rings. The van der Waals surface area contributed by atoms with E-state index in [1.54, 1.807) is 11.9 Å². The highest BCUT2D eigenvalue weighted by Gasteiger charge is 2.46. The van der Waals surface area contributed by atoms with Gasteiger partial charge in [-0.25, -0.2) is 0 Å². The molecule has 0 aliphatic carbocycles. The Morgan fingerprint density at radius 1 is 1.04 bits per heavy atom. The van der Waals surface area contributed by atoms with Crippen molar-refractivity contribution in [2.75, 3.05) is 20.3 Å². The van der Waals surface area contributed by atoms with Gasteiger partial charge in [-0.3, -0.25) is 9.29 Å². The van der Waals surface area contributed by atoms with Gasteiger partial charge in [-0.15, -0.1) is 0 Å². The first kappa shape index (κ1) is 21.5. The Hall–Kier alpha value is -0.570. The number of hydrogen-bond donors (Lipinski definition) is 0. The maximum Gasteiger partial charge on any atom is 0.414 e. The van der Waals surface area contributed by atoms with Crippen molar-refractivity contribution in [2.45, 2.75) is 69.6 Å². The average molecular weight is 367 g/mol. The molecule has 24 heavy (non-hydrogen) atoms. The molecule has 144 valence electrons. The molecule has 0 aromatic heterocycles. The Labute approximate surface area is 137 Å². The Kier molecular flexibility index (Phi) is 8.25. The third-order valence-electron chi connectivity index (χ3n) is 4.24. The van der Waals surface area contributed by atoms with E-state index < -0.39 is 43.7 Å². The van der Waals surface area contributed by atoms with Gasteiger partial charge >= 0.3 is 12.4 Å². The van der Waals surface area contributed by atoms with Crippen LogP contribution in [0.2, 0.25) is 0 Å². The van der Waals surface area contributed by atoms with Crippen LogP contribution >= 0.6 is 0 Å². The summed E-state index contributed by atoms with van der Waals surface area (Å²) < 4.78 is 93.0. The number of nitrogens with zero attached hydrogens (tertiary/aromatic N) is 1. The fourth-order valence-electron chi connectivity index (χ4n) is 3.00. The topological polar surface area (TPSA) is 12.5 Å². The molecule has 0 amide bonds. The number of rotatable bonds is 8. The molecule has 0 aromatic carbocycles. The third-order valence-corrected chi connectivity index (χ3v) is 4.24. The molecule has 1 heterocycles. The minimum absolute atomic E-state index is 0.103. The highest BCUT2D eigenvalue weighted by atomic mass is 19.4. The molecule has 3 unspecified atom stereocenters. The van der Waals surface area contributed by atoms with Gasteiger partial charge in [0.15, 0.2) is 6.10 Å². The van der Waals surface area contributed by atoms with Gasteiger partial charge in [-0.05, 0) is 45.1 Å².